The van der Waals surface area contributed by atoms with Crippen LogP contribution in [0.1, 0.15) is 12.5 Å². The smallest absolute Gasteiger partial charge is 0.232 e. The highest BCUT2D eigenvalue weighted by Crippen LogP contribution is 2.25. The fourth-order valence-corrected chi connectivity index (χ4v) is 2.03. The number of benzene rings is 1. The van der Waals surface area contributed by atoms with Crippen molar-refractivity contribution in [3.8, 4) is 5.75 Å². The van der Waals surface area contributed by atoms with Gasteiger partial charge in [0.1, 0.15) is 6.61 Å². The maximum atomic E-state index is 11.2. The van der Waals surface area contributed by atoms with Crippen LogP contribution < -0.4 is 9.64 Å². The molecule has 21 heavy (non-hydrogen) atoms. The summed E-state index contributed by atoms with van der Waals surface area (Å²) in [6, 6.07) is 5.25. The molecule has 1 amide bonds. The highest BCUT2D eigenvalue weighted by Gasteiger charge is 2.10. The van der Waals surface area contributed by atoms with Crippen LogP contribution in [-0.2, 0) is 11.4 Å². The van der Waals surface area contributed by atoms with Gasteiger partial charge < -0.3 is 4.74 Å². The van der Waals surface area contributed by atoms with Gasteiger partial charge in [-0.05, 0) is 12.1 Å². The third kappa shape index (κ3) is 3.83. The second-order valence-corrected chi connectivity index (χ2v) is 5.10. The van der Waals surface area contributed by atoms with Crippen molar-refractivity contribution in [2.24, 2.45) is 0 Å². The second kappa shape index (κ2) is 6.74. The minimum absolute atomic E-state index is 0.147. The lowest BCUT2D eigenvalue weighted by molar-refractivity contribution is -0.116. The number of anilines is 1. The SMILES string of the molecule is CC(=O)N(C)c1ncc(OCc2c(Cl)cccc2Cl)cn1. The lowest BCUT2D eigenvalue weighted by Gasteiger charge is -2.13. The van der Waals surface area contributed by atoms with Crippen molar-refractivity contribution in [3.05, 3.63) is 46.2 Å². The molecule has 7 heteroatoms. The van der Waals surface area contributed by atoms with E-state index in [9.17, 15) is 4.79 Å². The molecule has 0 aliphatic carbocycles. The van der Waals surface area contributed by atoms with Gasteiger partial charge in [0.25, 0.3) is 0 Å². The Labute approximate surface area is 132 Å². The summed E-state index contributed by atoms with van der Waals surface area (Å²) >= 11 is 12.1. The van der Waals surface area contributed by atoms with Crippen LogP contribution in [0.15, 0.2) is 30.6 Å². The Bertz CT molecular complexity index is 627. The number of hydrogen-bond acceptors (Lipinski definition) is 4. The van der Waals surface area contributed by atoms with Crippen molar-refractivity contribution in [1.29, 1.82) is 0 Å². The van der Waals surface area contributed by atoms with Crippen LogP contribution in [0.4, 0.5) is 5.95 Å². The average Bonchev–Trinajstić information content (AvgIpc) is 2.46. The zero-order chi connectivity index (χ0) is 15.4. The van der Waals surface area contributed by atoms with Gasteiger partial charge in [0.15, 0.2) is 5.75 Å². The Kier molecular flexibility index (Phi) is 4.98. The Morgan fingerprint density at radius 2 is 1.81 bits per heavy atom. The van der Waals surface area contributed by atoms with Crippen molar-refractivity contribution >= 4 is 35.1 Å². The van der Waals surface area contributed by atoms with E-state index in [0.29, 0.717) is 27.3 Å². The van der Waals surface area contributed by atoms with Gasteiger partial charge in [-0.1, -0.05) is 29.3 Å². The molecular weight excluding hydrogens is 313 g/mol. The van der Waals surface area contributed by atoms with Gasteiger partial charge in [-0.3, -0.25) is 9.69 Å². The average molecular weight is 326 g/mol. The lowest BCUT2D eigenvalue weighted by Crippen LogP contribution is -2.24. The fraction of sp³-hybridized carbons (Fsp3) is 0.214. The second-order valence-electron chi connectivity index (χ2n) is 4.29. The van der Waals surface area contributed by atoms with Crippen molar-refractivity contribution in [2.75, 3.05) is 11.9 Å². The van der Waals surface area contributed by atoms with Crippen LogP contribution in [0.3, 0.4) is 0 Å². The predicted octanol–water partition coefficient (Wildman–Crippen LogP) is 3.35. The topological polar surface area (TPSA) is 55.3 Å². The summed E-state index contributed by atoms with van der Waals surface area (Å²) in [7, 11) is 1.60. The van der Waals surface area contributed by atoms with Gasteiger partial charge >= 0.3 is 0 Å². The van der Waals surface area contributed by atoms with E-state index in [-0.39, 0.29) is 12.5 Å². The first-order valence-electron chi connectivity index (χ1n) is 6.11. The van der Waals surface area contributed by atoms with Gasteiger partial charge in [-0.15, -0.1) is 0 Å². The van der Waals surface area contributed by atoms with E-state index in [2.05, 4.69) is 9.97 Å². The normalized spacial score (nSPS) is 10.3. The third-order valence-corrected chi connectivity index (χ3v) is 3.54. The molecule has 0 spiro atoms. The number of hydrogen-bond donors (Lipinski definition) is 0. The van der Waals surface area contributed by atoms with Crippen LogP contribution in [0.25, 0.3) is 0 Å². The first-order valence-corrected chi connectivity index (χ1v) is 6.86. The molecule has 0 aliphatic rings. The van der Waals surface area contributed by atoms with E-state index in [1.54, 1.807) is 25.2 Å². The maximum absolute atomic E-state index is 11.2. The van der Waals surface area contributed by atoms with Gasteiger partial charge in [0.05, 0.1) is 12.4 Å². The number of halogens is 2. The fourth-order valence-electron chi connectivity index (χ4n) is 1.52. The van der Waals surface area contributed by atoms with Crippen molar-refractivity contribution in [3.63, 3.8) is 0 Å². The van der Waals surface area contributed by atoms with Crippen LogP contribution in [0.5, 0.6) is 5.75 Å². The zero-order valence-electron chi connectivity index (χ0n) is 11.5. The van der Waals surface area contributed by atoms with Crippen LogP contribution in [-0.4, -0.2) is 22.9 Å². The summed E-state index contributed by atoms with van der Waals surface area (Å²) in [5.41, 5.74) is 0.700. The molecule has 1 heterocycles. The molecule has 1 aromatic heterocycles. The minimum Gasteiger partial charge on any atom is -0.486 e. The van der Waals surface area contributed by atoms with Crippen molar-refractivity contribution < 1.29 is 9.53 Å². The van der Waals surface area contributed by atoms with Gasteiger partial charge in [-0.2, -0.15) is 0 Å². The number of carbonyl (C=O) groups is 1. The lowest BCUT2D eigenvalue weighted by atomic mass is 10.2. The molecule has 0 atom stereocenters. The molecular formula is C14H13Cl2N3O2. The molecule has 0 aliphatic heterocycles. The predicted molar refractivity (Wildman–Crippen MR) is 81.9 cm³/mol. The summed E-state index contributed by atoms with van der Waals surface area (Å²) in [6.45, 7) is 1.65. The van der Waals surface area contributed by atoms with Gasteiger partial charge in [-0.25, -0.2) is 9.97 Å². The van der Waals surface area contributed by atoms with Crippen LogP contribution in [0, 0.1) is 0 Å². The largest absolute Gasteiger partial charge is 0.486 e. The highest BCUT2D eigenvalue weighted by molar-refractivity contribution is 6.35. The number of ether oxygens (including phenoxy) is 1. The van der Waals surface area contributed by atoms with E-state index < -0.39 is 0 Å². The summed E-state index contributed by atoms with van der Waals surface area (Å²) in [6.07, 6.45) is 2.99. The Morgan fingerprint density at radius 3 is 2.33 bits per heavy atom. The van der Waals surface area contributed by atoms with Crippen molar-refractivity contribution in [2.45, 2.75) is 13.5 Å². The molecule has 0 saturated heterocycles. The van der Waals surface area contributed by atoms with Gasteiger partial charge in [0, 0.05) is 29.6 Å². The van der Waals surface area contributed by atoms with Crippen molar-refractivity contribution in [1.82, 2.24) is 9.97 Å². The maximum Gasteiger partial charge on any atom is 0.232 e. The first kappa shape index (κ1) is 15.5. The van der Waals surface area contributed by atoms with E-state index in [4.69, 9.17) is 27.9 Å². The first-order chi connectivity index (χ1) is 9.99. The molecule has 0 radical (unpaired) electrons. The van der Waals surface area contributed by atoms with E-state index in [1.165, 1.54) is 24.2 Å². The number of rotatable bonds is 4. The quantitative estimate of drug-likeness (QED) is 0.865. The molecule has 110 valence electrons. The molecule has 0 unspecified atom stereocenters. The summed E-state index contributed by atoms with van der Waals surface area (Å²) < 4.78 is 5.55. The summed E-state index contributed by atoms with van der Waals surface area (Å²) in [5.74, 6) is 0.629. The highest BCUT2D eigenvalue weighted by atomic mass is 35.5. The number of aromatic nitrogens is 2. The zero-order valence-corrected chi connectivity index (χ0v) is 13.0. The molecule has 0 saturated carbocycles. The molecule has 5 nitrogen and oxygen atoms in total. The van der Waals surface area contributed by atoms with Crippen LogP contribution in [0.2, 0.25) is 10.0 Å². The van der Waals surface area contributed by atoms with Gasteiger partial charge in [0.2, 0.25) is 11.9 Å². The molecule has 2 aromatic rings. The number of carbonyl (C=O) groups excluding carboxylic acids is 1. The Morgan fingerprint density at radius 1 is 1.24 bits per heavy atom. The Hall–Kier alpha value is -1.85. The summed E-state index contributed by atoms with van der Waals surface area (Å²) in [4.78, 5) is 20.7. The summed E-state index contributed by atoms with van der Waals surface area (Å²) in [5, 5.41) is 1.08. The molecule has 0 bridgehead atoms. The Balaban J connectivity index is 2.06. The standard InChI is InChI=1S/C14H13Cl2N3O2/c1-9(20)19(2)14-17-6-10(7-18-14)21-8-11-12(15)4-3-5-13(11)16/h3-7H,8H2,1-2H3. The number of nitrogens with zero attached hydrogens (tertiary/aromatic N) is 3. The number of amides is 1. The van der Waals surface area contributed by atoms with E-state index in [0.717, 1.165) is 0 Å². The third-order valence-electron chi connectivity index (χ3n) is 2.83. The molecule has 0 fully saturated rings. The molecule has 1 aromatic carbocycles. The minimum atomic E-state index is -0.147. The van der Waals surface area contributed by atoms with Crippen LogP contribution >= 0.6 is 23.2 Å². The van der Waals surface area contributed by atoms with E-state index >= 15 is 0 Å². The molecule has 2 rings (SSSR count). The van der Waals surface area contributed by atoms with E-state index in [1.807, 2.05) is 0 Å². The monoisotopic (exact) mass is 325 g/mol. The molecule has 0 N–H and O–H groups in total.